The Bertz CT molecular complexity index is 1200. The van der Waals surface area contributed by atoms with E-state index in [1.807, 2.05) is 61.5 Å². The van der Waals surface area contributed by atoms with Gasteiger partial charge < -0.3 is 4.42 Å². The van der Waals surface area contributed by atoms with Crippen LogP contribution in [0.2, 0.25) is 5.02 Å². The molecule has 4 rings (SSSR count). The van der Waals surface area contributed by atoms with Crippen molar-refractivity contribution >= 4 is 23.7 Å². The number of hydrogen-bond acceptors (Lipinski definition) is 6. The molecule has 2 aromatic carbocycles. The van der Waals surface area contributed by atoms with Gasteiger partial charge in [-0.25, -0.2) is 5.43 Å². The minimum absolute atomic E-state index is 0.109. The second-order valence-corrected chi connectivity index (χ2v) is 6.88. The molecule has 150 valence electrons. The van der Waals surface area contributed by atoms with Crippen LogP contribution in [0.5, 0.6) is 0 Å². The minimum Gasteiger partial charge on any atom is -0.455 e. The van der Waals surface area contributed by atoms with E-state index in [1.165, 1.54) is 11.0 Å². The molecule has 1 N–H and O–H groups in total. The fourth-order valence-electron chi connectivity index (χ4n) is 2.67. The first-order chi connectivity index (χ1) is 14.6. The predicted octanol–water partition coefficient (Wildman–Crippen LogP) is 3.71. The third kappa shape index (κ3) is 4.61. The summed E-state index contributed by atoms with van der Waals surface area (Å²) in [6.07, 6.45) is 1.42. The molecule has 0 atom stereocenters. The molecule has 0 aliphatic rings. The van der Waals surface area contributed by atoms with Gasteiger partial charge in [-0.15, -0.1) is 10.2 Å². The number of hydrogen-bond donors (Lipinski definition) is 1. The van der Waals surface area contributed by atoms with Crippen LogP contribution in [-0.4, -0.2) is 32.3 Å². The molecule has 30 heavy (non-hydrogen) atoms. The molecule has 0 saturated carbocycles. The van der Waals surface area contributed by atoms with Crippen LogP contribution >= 0.6 is 11.6 Å². The Kier molecular flexibility index (Phi) is 5.67. The molecule has 0 aliphatic carbocycles. The number of furan rings is 1. The van der Waals surface area contributed by atoms with Crippen LogP contribution in [0.3, 0.4) is 0 Å². The number of halogens is 1. The van der Waals surface area contributed by atoms with Crippen molar-refractivity contribution in [2.75, 3.05) is 0 Å². The highest BCUT2D eigenvalue weighted by Crippen LogP contribution is 2.26. The monoisotopic (exact) mass is 420 g/mol. The van der Waals surface area contributed by atoms with Gasteiger partial charge in [0.25, 0.3) is 5.91 Å². The number of rotatable bonds is 6. The number of aryl methyl sites for hydroxylation is 1. The van der Waals surface area contributed by atoms with Crippen molar-refractivity contribution in [3.05, 3.63) is 77.0 Å². The quantitative estimate of drug-likeness (QED) is 0.378. The number of aromatic nitrogens is 4. The number of nitrogens with one attached hydrogen (secondary N) is 1. The summed E-state index contributed by atoms with van der Waals surface area (Å²) in [6, 6.07) is 18.7. The van der Waals surface area contributed by atoms with Crippen LogP contribution in [0.25, 0.3) is 22.7 Å². The van der Waals surface area contributed by atoms with E-state index in [2.05, 4.69) is 25.9 Å². The van der Waals surface area contributed by atoms with Crippen molar-refractivity contribution < 1.29 is 9.21 Å². The number of tetrazole rings is 1. The van der Waals surface area contributed by atoms with Gasteiger partial charge in [-0.1, -0.05) is 54.1 Å². The van der Waals surface area contributed by atoms with Crippen LogP contribution < -0.4 is 5.43 Å². The molecular formula is C21H17ClN6O2. The van der Waals surface area contributed by atoms with Gasteiger partial charge >= 0.3 is 0 Å². The van der Waals surface area contributed by atoms with Gasteiger partial charge in [-0.2, -0.15) is 9.90 Å². The van der Waals surface area contributed by atoms with Crippen LogP contribution in [0.4, 0.5) is 0 Å². The van der Waals surface area contributed by atoms with Crippen molar-refractivity contribution in [3.63, 3.8) is 0 Å². The molecule has 8 nitrogen and oxygen atoms in total. The van der Waals surface area contributed by atoms with Gasteiger partial charge in [-0.3, -0.25) is 4.79 Å². The van der Waals surface area contributed by atoms with Gasteiger partial charge in [0.1, 0.15) is 18.1 Å². The molecule has 1 amide bonds. The second kappa shape index (κ2) is 8.71. The number of carbonyl (C=O) groups excluding carboxylic acids is 1. The van der Waals surface area contributed by atoms with E-state index in [9.17, 15) is 4.79 Å². The Balaban J connectivity index is 1.34. The van der Waals surface area contributed by atoms with E-state index in [0.717, 1.165) is 16.7 Å². The van der Waals surface area contributed by atoms with Crippen LogP contribution in [0, 0.1) is 6.92 Å². The first kappa shape index (κ1) is 19.5. The van der Waals surface area contributed by atoms with Gasteiger partial charge in [0.05, 0.1) is 6.21 Å². The van der Waals surface area contributed by atoms with E-state index < -0.39 is 0 Å². The molecule has 0 bridgehead atoms. The third-order valence-corrected chi connectivity index (χ3v) is 4.64. The van der Waals surface area contributed by atoms with E-state index in [-0.39, 0.29) is 12.5 Å². The lowest BCUT2D eigenvalue weighted by Crippen LogP contribution is -2.24. The highest BCUT2D eigenvalue weighted by molar-refractivity contribution is 6.31. The van der Waals surface area contributed by atoms with Crippen LogP contribution in [0.1, 0.15) is 11.3 Å². The second-order valence-electron chi connectivity index (χ2n) is 6.47. The Morgan fingerprint density at radius 1 is 1.17 bits per heavy atom. The largest absolute Gasteiger partial charge is 0.455 e. The average Bonchev–Trinajstić information content (AvgIpc) is 3.41. The van der Waals surface area contributed by atoms with Crippen molar-refractivity contribution in [3.8, 4) is 22.7 Å². The zero-order valence-corrected chi connectivity index (χ0v) is 16.7. The van der Waals surface area contributed by atoms with Crippen LogP contribution in [0.15, 0.2) is 70.2 Å². The van der Waals surface area contributed by atoms with Crippen molar-refractivity contribution in [1.29, 1.82) is 0 Å². The summed E-state index contributed by atoms with van der Waals surface area (Å²) in [4.78, 5) is 13.3. The number of carbonyl (C=O) groups is 1. The highest BCUT2D eigenvalue weighted by atomic mass is 35.5. The number of hydrazone groups is 1. The summed E-state index contributed by atoms with van der Waals surface area (Å²) in [5.74, 6) is 1.21. The topological polar surface area (TPSA) is 98.2 Å². The number of nitrogens with zero attached hydrogens (tertiary/aromatic N) is 5. The molecule has 0 spiro atoms. The summed E-state index contributed by atoms with van der Waals surface area (Å²) in [6.45, 7) is 1.83. The Morgan fingerprint density at radius 2 is 2.00 bits per heavy atom. The van der Waals surface area contributed by atoms with E-state index in [4.69, 9.17) is 16.0 Å². The van der Waals surface area contributed by atoms with Crippen molar-refractivity contribution in [2.45, 2.75) is 13.5 Å². The molecule has 4 aromatic rings. The average molecular weight is 421 g/mol. The van der Waals surface area contributed by atoms with E-state index in [1.54, 1.807) is 6.07 Å². The molecule has 9 heteroatoms. The number of benzene rings is 2. The lowest BCUT2D eigenvalue weighted by molar-refractivity contribution is -0.122. The lowest BCUT2D eigenvalue weighted by atomic mass is 10.1. The highest BCUT2D eigenvalue weighted by Gasteiger charge is 2.09. The van der Waals surface area contributed by atoms with Gasteiger partial charge in [0.2, 0.25) is 5.82 Å². The first-order valence-corrected chi connectivity index (χ1v) is 9.48. The van der Waals surface area contributed by atoms with Gasteiger partial charge in [0, 0.05) is 16.1 Å². The van der Waals surface area contributed by atoms with Crippen molar-refractivity contribution in [2.24, 2.45) is 5.10 Å². The summed E-state index contributed by atoms with van der Waals surface area (Å²) in [7, 11) is 0. The summed E-state index contributed by atoms with van der Waals surface area (Å²) in [5, 5.41) is 16.6. The molecule has 0 unspecified atom stereocenters. The molecule has 0 radical (unpaired) electrons. The SMILES string of the molecule is Cc1ccc(-c2ccc(/C=N\NC(=O)Cn3nnc(-c4ccccc4)n3)o2)cc1Cl. The summed E-state index contributed by atoms with van der Waals surface area (Å²) >= 11 is 6.16. The standard InChI is InChI=1S/C21H17ClN6O2/c1-14-7-8-16(11-18(14)22)19-10-9-17(30-19)12-23-24-20(29)13-28-26-21(25-27-28)15-5-3-2-4-6-15/h2-12H,13H2,1H3,(H,24,29)/b23-12-. The maximum absolute atomic E-state index is 12.0. The molecular weight excluding hydrogens is 404 g/mol. The maximum Gasteiger partial charge on any atom is 0.263 e. The first-order valence-electron chi connectivity index (χ1n) is 9.10. The predicted molar refractivity (Wildman–Crippen MR) is 113 cm³/mol. The van der Waals surface area contributed by atoms with E-state index >= 15 is 0 Å². The summed E-state index contributed by atoms with van der Waals surface area (Å²) < 4.78 is 5.72. The molecule has 2 aromatic heterocycles. The number of amides is 1. The fourth-order valence-corrected chi connectivity index (χ4v) is 2.85. The smallest absolute Gasteiger partial charge is 0.263 e. The molecule has 2 heterocycles. The lowest BCUT2D eigenvalue weighted by Gasteiger charge is -2.00. The van der Waals surface area contributed by atoms with Gasteiger partial charge in [0.15, 0.2) is 0 Å². The zero-order chi connectivity index (χ0) is 20.9. The zero-order valence-electron chi connectivity index (χ0n) is 16.0. The maximum atomic E-state index is 12.0. The third-order valence-electron chi connectivity index (χ3n) is 4.23. The Morgan fingerprint density at radius 3 is 2.80 bits per heavy atom. The van der Waals surface area contributed by atoms with Crippen LogP contribution in [-0.2, 0) is 11.3 Å². The van der Waals surface area contributed by atoms with Crippen molar-refractivity contribution in [1.82, 2.24) is 25.6 Å². The minimum atomic E-state index is -0.389. The molecule has 0 fully saturated rings. The molecule has 0 saturated heterocycles. The van der Waals surface area contributed by atoms with E-state index in [0.29, 0.717) is 22.4 Å². The summed E-state index contributed by atoms with van der Waals surface area (Å²) in [5.41, 5.74) is 5.10. The molecule has 0 aliphatic heterocycles. The Hall–Kier alpha value is -3.78. The Labute approximate surface area is 177 Å². The van der Waals surface area contributed by atoms with Gasteiger partial charge in [-0.05, 0) is 35.9 Å². The fraction of sp³-hybridized carbons (Fsp3) is 0.0952. The normalized spacial score (nSPS) is 11.1.